The normalized spacial score (nSPS) is 19.9. The molecule has 1 aliphatic heterocycles. The van der Waals surface area contributed by atoms with E-state index >= 15 is 0 Å². The molecule has 1 rings (SSSR count). The minimum absolute atomic E-state index is 0.0274. The third-order valence-corrected chi connectivity index (χ3v) is 3.28. The second kappa shape index (κ2) is 6.88. The van der Waals surface area contributed by atoms with Crippen molar-refractivity contribution in [2.45, 2.75) is 32.2 Å². The van der Waals surface area contributed by atoms with E-state index < -0.39 is 23.9 Å². The van der Waals surface area contributed by atoms with Gasteiger partial charge in [0.05, 0.1) is 6.42 Å². The van der Waals surface area contributed by atoms with Crippen molar-refractivity contribution in [1.82, 2.24) is 15.5 Å². The molecular formula is C12H19N3O5. The first kappa shape index (κ1) is 15.9. The Labute approximate surface area is 116 Å². The highest BCUT2D eigenvalue weighted by Crippen LogP contribution is 2.10. The first-order chi connectivity index (χ1) is 9.35. The number of nitrogens with one attached hydrogen (secondary N) is 2. The summed E-state index contributed by atoms with van der Waals surface area (Å²) in [6.45, 7) is 2.04. The number of likely N-dealkylation sites (N-methyl/N-ethyl adjacent to an activating group) is 1. The summed E-state index contributed by atoms with van der Waals surface area (Å²) in [5.41, 5.74) is 0. The third kappa shape index (κ3) is 4.22. The van der Waals surface area contributed by atoms with E-state index in [0.717, 1.165) is 4.90 Å². The molecule has 0 aliphatic carbocycles. The van der Waals surface area contributed by atoms with Gasteiger partial charge in [-0.25, -0.2) is 4.79 Å². The Morgan fingerprint density at radius 2 is 2.10 bits per heavy atom. The molecule has 4 amide bonds. The van der Waals surface area contributed by atoms with E-state index in [-0.39, 0.29) is 31.2 Å². The number of carboxylic acids is 1. The summed E-state index contributed by atoms with van der Waals surface area (Å²) in [4.78, 5) is 46.0. The van der Waals surface area contributed by atoms with E-state index in [2.05, 4.69) is 10.6 Å². The van der Waals surface area contributed by atoms with Crippen LogP contribution in [0, 0.1) is 5.92 Å². The van der Waals surface area contributed by atoms with E-state index in [9.17, 15) is 19.2 Å². The lowest BCUT2D eigenvalue weighted by Crippen LogP contribution is -2.46. The molecule has 8 nitrogen and oxygen atoms in total. The molecule has 0 aromatic rings. The summed E-state index contributed by atoms with van der Waals surface area (Å²) in [5, 5.41) is 13.6. The van der Waals surface area contributed by atoms with Gasteiger partial charge in [0.25, 0.3) is 5.91 Å². The summed E-state index contributed by atoms with van der Waals surface area (Å²) in [5.74, 6) is -1.86. The Morgan fingerprint density at radius 1 is 1.45 bits per heavy atom. The Morgan fingerprint density at radius 3 is 2.55 bits per heavy atom. The average molecular weight is 285 g/mol. The molecule has 2 atom stereocenters. The molecule has 20 heavy (non-hydrogen) atoms. The number of rotatable bonds is 6. The van der Waals surface area contributed by atoms with Crippen LogP contribution in [0.15, 0.2) is 0 Å². The third-order valence-electron chi connectivity index (χ3n) is 3.28. The van der Waals surface area contributed by atoms with Crippen LogP contribution in [0.1, 0.15) is 26.2 Å². The molecule has 1 saturated heterocycles. The summed E-state index contributed by atoms with van der Waals surface area (Å²) in [7, 11) is 1.37. The van der Waals surface area contributed by atoms with Gasteiger partial charge in [0.2, 0.25) is 5.91 Å². The number of carbonyl (C=O) groups is 4. The number of urea groups is 1. The number of hydrogen-bond donors (Lipinski definition) is 3. The topological polar surface area (TPSA) is 116 Å². The van der Waals surface area contributed by atoms with Crippen molar-refractivity contribution in [2.24, 2.45) is 5.92 Å². The standard InChI is InChI=1S/C12H19N3O5/c1-3-7(4-10(17)18)6-13-12(20)14-8-5-9(16)15(2)11(8)19/h7-8H,3-6H2,1-2H3,(H,17,18)(H2,13,14,20). The second-order valence-electron chi connectivity index (χ2n) is 4.77. The molecule has 8 heteroatoms. The van der Waals surface area contributed by atoms with Crippen LogP contribution in [0.5, 0.6) is 0 Å². The van der Waals surface area contributed by atoms with Gasteiger partial charge in [-0.3, -0.25) is 19.3 Å². The minimum atomic E-state index is -0.919. The zero-order chi connectivity index (χ0) is 15.3. The van der Waals surface area contributed by atoms with Gasteiger partial charge in [0.1, 0.15) is 6.04 Å². The first-order valence-electron chi connectivity index (χ1n) is 6.41. The van der Waals surface area contributed by atoms with Crippen molar-refractivity contribution in [3.05, 3.63) is 0 Å². The Kier molecular flexibility index (Phi) is 5.48. The van der Waals surface area contributed by atoms with E-state index in [4.69, 9.17) is 5.11 Å². The maximum atomic E-state index is 11.6. The number of hydrogen-bond acceptors (Lipinski definition) is 4. The fourth-order valence-electron chi connectivity index (χ4n) is 1.92. The number of nitrogens with zero attached hydrogens (tertiary/aromatic N) is 1. The lowest BCUT2D eigenvalue weighted by Gasteiger charge is -2.15. The summed E-state index contributed by atoms with van der Waals surface area (Å²) >= 11 is 0. The molecule has 2 unspecified atom stereocenters. The highest BCUT2D eigenvalue weighted by molar-refractivity contribution is 6.06. The van der Waals surface area contributed by atoms with Gasteiger partial charge in [0, 0.05) is 20.0 Å². The monoisotopic (exact) mass is 285 g/mol. The Balaban J connectivity index is 2.39. The summed E-state index contributed by atoms with van der Waals surface area (Å²) in [6, 6.07) is -1.41. The highest BCUT2D eigenvalue weighted by atomic mass is 16.4. The lowest BCUT2D eigenvalue weighted by molar-refractivity contribution is -0.138. The number of likely N-dealkylation sites (tertiary alicyclic amines) is 1. The fraction of sp³-hybridized carbons (Fsp3) is 0.667. The van der Waals surface area contributed by atoms with Gasteiger partial charge in [0.15, 0.2) is 0 Å². The molecule has 0 spiro atoms. The van der Waals surface area contributed by atoms with E-state index in [1.165, 1.54) is 7.05 Å². The first-order valence-corrected chi connectivity index (χ1v) is 6.41. The Bertz CT molecular complexity index is 423. The SMILES string of the molecule is CCC(CNC(=O)NC1CC(=O)N(C)C1=O)CC(=O)O. The number of imide groups is 1. The predicted molar refractivity (Wildman–Crippen MR) is 68.8 cm³/mol. The summed E-state index contributed by atoms with van der Waals surface area (Å²) in [6.07, 6.45) is 0.547. The fourth-order valence-corrected chi connectivity index (χ4v) is 1.92. The smallest absolute Gasteiger partial charge is 0.315 e. The number of carboxylic acid groups (broad SMARTS) is 1. The second-order valence-corrected chi connectivity index (χ2v) is 4.77. The molecule has 3 N–H and O–H groups in total. The maximum Gasteiger partial charge on any atom is 0.315 e. The molecular weight excluding hydrogens is 266 g/mol. The van der Waals surface area contributed by atoms with Crippen LogP contribution in [0.25, 0.3) is 0 Å². The van der Waals surface area contributed by atoms with Gasteiger partial charge >= 0.3 is 12.0 Å². The van der Waals surface area contributed by atoms with Gasteiger partial charge in [-0.1, -0.05) is 13.3 Å². The average Bonchev–Trinajstić information content (AvgIpc) is 2.61. The van der Waals surface area contributed by atoms with Crippen LogP contribution in [0.3, 0.4) is 0 Å². The molecule has 0 aromatic carbocycles. The van der Waals surface area contributed by atoms with Crippen LogP contribution in [0.2, 0.25) is 0 Å². The predicted octanol–water partition coefficient (Wildman–Crippen LogP) is -0.456. The van der Waals surface area contributed by atoms with Gasteiger partial charge in [-0.05, 0) is 5.92 Å². The van der Waals surface area contributed by atoms with Gasteiger partial charge in [-0.15, -0.1) is 0 Å². The van der Waals surface area contributed by atoms with Crippen LogP contribution in [-0.2, 0) is 14.4 Å². The molecule has 0 aromatic heterocycles. The molecule has 0 saturated carbocycles. The largest absolute Gasteiger partial charge is 0.481 e. The molecule has 1 aliphatic rings. The van der Waals surface area contributed by atoms with Crippen molar-refractivity contribution < 1.29 is 24.3 Å². The van der Waals surface area contributed by atoms with Crippen molar-refractivity contribution in [3.63, 3.8) is 0 Å². The lowest BCUT2D eigenvalue weighted by atomic mass is 10.0. The van der Waals surface area contributed by atoms with Crippen LogP contribution < -0.4 is 10.6 Å². The quantitative estimate of drug-likeness (QED) is 0.571. The molecule has 1 fully saturated rings. The van der Waals surface area contributed by atoms with Crippen molar-refractivity contribution >= 4 is 23.8 Å². The van der Waals surface area contributed by atoms with E-state index in [1.807, 2.05) is 6.92 Å². The summed E-state index contributed by atoms with van der Waals surface area (Å²) < 4.78 is 0. The van der Waals surface area contributed by atoms with Gasteiger partial charge in [-0.2, -0.15) is 0 Å². The van der Waals surface area contributed by atoms with Crippen LogP contribution in [-0.4, -0.2) is 53.5 Å². The number of carbonyl (C=O) groups excluding carboxylic acids is 3. The Hall–Kier alpha value is -2.12. The minimum Gasteiger partial charge on any atom is -0.481 e. The van der Waals surface area contributed by atoms with Crippen LogP contribution in [0.4, 0.5) is 4.79 Å². The molecule has 112 valence electrons. The number of aliphatic carboxylic acids is 1. The zero-order valence-corrected chi connectivity index (χ0v) is 11.5. The van der Waals surface area contributed by atoms with Crippen molar-refractivity contribution in [2.75, 3.05) is 13.6 Å². The van der Waals surface area contributed by atoms with Crippen molar-refractivity contribution in [1.29, 1.82) is 0 Å². The molecule has 0 radical (unpaired) electrons. The molecule has 1 heterocycles. The maximum absolute atomic E-state index is 11.6. The zero-order valence-electron chi connectivity index (χ0n) is 11.5. The molecule has 0 bridgehead atoms. The highest BCUT2D eigenvalue weighted by Gasteiger charge is 2.36. The van der Waals surface area contributed by atoms with E-state index in [0.29, 0.717) is 6.42 Å². The van der Waals surface area contributed by atoms with E-state index in [1.54, 1.807) is 0 Å². The van der Waals surface area contributed by atoms with Crippen molar-refractivity contribution in [3.8, 4) is 0 Å². The number of amides is 4. The van der Waals surface area contributed by atoms with Crippen LogP contribution >= 0.6 is 0 Å². The van der Waals surface area contributed by atoms with Gasteiger partial charge < -0.3 is 15.7 Å².